The fraction of sp³-hybridized carbons (Fsp3) is 0.333. The lowest BCUT2D eigenvalue weighted by atomic mass is 10.2. The fourth-order valence-electron chi connectivity index (χ4n) is 1.31. The smallest absolute Gasteiger partial charge is 0.354 e. The zero-order chi connectivity index (χ0) is 15.0. The predicted molar refractivity (Wildman–Crippen MR) is 70.1 cm³/mol. The molecule has 0 aliphatic heterocycles. The van der Waals surface area contributed by atoms with E-state index in [1.807, 2.05) is 0 Å². The van der Waals surface area contributed by atoms with Crippen LogP contribution >= 0.6 is 0 Å². The Morgan fingerprint density at radius 1 is 1.15 bits per heavy atom. The molecule has 0 aromatic carbocycles. The van der Waals surface area contributed by atoms with Crippen LogP contribution in [0.2, 0.25) is 0 Å². The summed E-state index contributed by atoms with van der Waals surface area (Å²) in [7, 11) is 0. The SMILES string of the molecule is CC(=O)NCCNC(=O)NCc1ccc(C(=O)O)nc1. The molecule has 0 unspecified atom stereocenters. The first-order valence-electron chi connectivity index (χ1n) is 5.93. The molecule has 108 valence electrons. The molecule has 3 amide bonds. The van der Waals surface area contributed by atoms with Gasteiger partial charge in [0.2, 0.25) is 5.91 Å². The molecule has 0 saturated carbocycles. The lowest BCUT2D eigenvalue weighted by Gasteiger charge is -2.07. The molecule has 1 heterocycles. The van der Waals surface area contributed by atoms with Crippen molar-refractivity contribution < 1.29 is 19.5 Å². The standard InChI is InChI=1S/C12H16N4O4/c1-8(17)13-4-5-14-12(20)16-7-9-2-3-10(11(18)19)15-6-9/h2-3,6H,4-5,7H2,1H3,(H,13,17)(H,18,19)(H2,14,16,20). The van der Waals surface area contributed by atoms with Crippen LogP contribution in [0.5, 0.6) is 0 Å². The summed E-state index contributed by atoms with van der Waals surface area (Å²) in [6.07, 6.45) is 1.39. The number of urea groups is 1. The van der Waals surface area contributed by atoms with Crippen molar-refractivity contribution in [2.75, 3.05) is 13.1 Å². The van der Waals surface area contributed by atoms with Gasteiger partial charge < -0.3 is 21.1 Å². The lowest BCUT2D eigenvalue weighted by Crippen LogP contribution is -2.39. The first kappa shape index (κ1) is 15.4. The lowest BCUT2D eigenvalue weighted by molar-refractivity contribution is -0.118. The van der Waals surface area contributed by atoms with Crippen LogP contribution in [0.25, 0.3) is 0 Å². The number of nitrogens with one attached hydrogen (secondary N) is 3. The van der Waals surface area contributed by atoms with Gasteiger partial charge in [-0.25, -0.2) is 14.6 Å². The van der Waals surface area contributed by atoms with Crippen LogP contribution in [0, 0.1) is 0 Å². The van der Waals surface area contributed by atoms with Crippen molar-refractivity contribution in [1.82, 2.24) is 20.9 Å². The highest BCUT2D eigenvalue weighted by Gasteiger charge is 2.04. The van der Waals surface area contributed by atoms with Crippen molar-refractivity contribution >= 4 is 17.9 Å². The molecule has 1 rings (SSSR count). The van der Waals surface area contributed by atoms with Crippen molar-refractivity contribution in [3.63, 3.8) is 0 Å². The van der Waals surface area contributed by atoms with Gasteiger partial charge in [-0.05, 0) is 11.6 Å². The Morgan fingerprint density at radius 2 is 1.85 bits per heavy atom. The van der Waals surface area contributed by atoms with Crippen molar-refractivity contribution in [3.05, 3.63) is 29.6 Å². The van der Waals surface area contributed by atoms with Gasteiger partial charge in [0.25, 0.3) is 0 Å². The largest absolute Gasteiger partial charge is 0.477 e. The third-order valence-corrected chi connectivity index (χ3v) is 2.28. The number of rotatable bonds is 6. The second kappa shape index (κ2) is 7.72. The highest BCUT2D eigenvalue weighted by Crippen LogP contribution is 1.99. The van der Waals surface area contributed by atoms with Crippen molar-refractivity contribution in [2.24, 2.45) is 0 Å². The van der Waals surface area contributed by atoms with Crippen LogP contribution in [0.4, 0.5) is 4.79 Å². The Balaban J connectivity index is 2.26. The molecule has 0 bridgehead atoms. The second-order valence-corrected chi connectivity index (χ2v) is 3.95. The summed E-state index contributed by atoms with van der Waals surface area (Å²) in [5.41, 5.74) is 0.639. The normalized spacial score (nSPS) is 9.65. The van der Waals surface area contributed by atoms with Crippen LogP contribution in [0.3, 0.4) is 0 Å². The summed E-state index contributed by atoms with van der Waals surface area (Å²) in [5, 5.41) is 16.4. The van der Waals surface area contributed by atoms with Gasteiger partial charge in [-0.15, -0.1) is 0 Å². The number of hydrogen-bond acceptors (Lipinski definition) is 4. The molecule has 20 heavy (non-hydrogen) atoms. The maximum Gasteiger partial charge on any atom is 0.354 e. The molecular weight excluding hydrogens is 264 g/mol. The molecule has 0 fully saturated rings. The average Bonchev–Trinajstić information content (AvgIpc) is 2.41. The highest BCUT2D eigenvalue weighted by molar-refractivity contribution is 5.85. The van der Waals surface area contributed by atoms with E-state index in [0.29, 0.717) is 18.7 Å². The van der Waals surface area contributed by atoms with Crippen LogP contribution in [-0.2, 0) is 11.3 Å². The first-order valence-corrected chi connectivity index (χ1v) is 5.93. The van der Waals surface area contributed by atoms with E-state index in [1.54, 1.807) is 6.07 Å². The van der Waals surface area contributed by atoms with Crippen molar-refractivity contribution in [2.45, 2.75) is 13.5 Å². The van der Waals surface area contributed by atoms with E-state index in [4.69, 9.17) is 5.11 Å². The van der Waals surface area contributed by atoms with E-state index in [0.717, 1.165) is 0 Å². The minimum Gasteiger partial charge on any atom is -0.477 e. The van der Waals surface area contributed by atoms with E-state index < -0.39 is 5.97 Å². The summed E-state index contributed by atoms with van der Waals surface area (Å²) in [6, 6.07) is 2.57. The Morgan fingerprint density at radius 3 is 2.40 bits per heavy atom. The minimum absolute atomic E-state index is 0.0477. The quantitative estimate of drug-likeness (QED) is 0.534. The van der Waals surface area contributed by atoms with E-state index in [2.05, 4.69) is 20.9 Å². The number of carbonyl (C=O) groups is 3. The van der Waals surface area contributed by atoms with Gasteiger partial charge in [-0.2, -0.15) is 0 Å². The maximum absolute atomic E-state index is 11.4. The van der Waals surface area contributed by atoms with E-state index >= 15 is 0 Å². The van der Waals surface area contributed by atoms with Gasteiger partial charge in [-0.1, -0.05) is 6.07 Å². The number of amides is 3. The molecule has 0 aliphatic carbocycles. The number of nitrogens with zero attached hydrogens (tertiary/aromatic N) is 1. The third kappa shape index (κ3) is 5.80. The summed E-state index contributed by atoms with van der Waals surface area (Å²) >= 11 is 0. The maximum atomic E-state index is 11.4. The Kier molecular flexibility index (Phi) is 5.95. The monoisotopic (exact) mass is 280 g/mol. The zero-order valence-corrected chi connectivity index (χ0v) is 11.0. The molecule has 0 atom stereocenters. The molecule has 8 nitrogen and oxygen atoms in total. The van der Waals surface area contributed by atoms with Crippen LogP contribution in [0.15, 0.2) is 18.3 Å². The van der Waals surface area contributed by atoms with Gasteiger partial charge in [0, 0.05) is 32.8 Å². The topological polar surface area (TPSA) is 120 Å². The van der Waals surface area contributed by atoms with Crippen LogP contribution in [0.1, 0.15) is 23.0 Å². The number of aromatic carboxylic acids is 1. The Bertz CT molecular complexity index is 487. The van der Waals surface area contributed by atoms with Crippen LogP contribution in [-0.4, -0.2) is 41.1 Å². The van der Waals surface area contributed by atoms with Gasteiger partial charge >= 0.3 is 12.0 Å². The zero-order valence-electron chi connectivity index (χ0n) is 11.0. The van der Waals surface area contributed by atoms with E-state index in [1.165, 1.54) is 19.2 Å². The van der Waals surface area contributed by atoms with E-state index in [-0.39, 0.29) is 24.2 Å². The van der Waals surface area contributed by atoms with Gasteiger partial charge in [0.05, 0.1) is 0 Å². The summed E-state index contributed by atoms with van der Waals surface area (Å²) in [6.45, 7) is 2.31. The molecule has 0 radical (unpaired) electrons. The highest BCUT2D eigenvalue weighted by atomic mass is 16.4. The van der Waals surface area contributed by atoms with Gasteiger partial charge in [0.1, 0.15) is 5.69 Å². The van der Waals surface area contributed by atoms with Crippen molar-refractivity contribution in [1.29, 1.82) is 0 Å². The molecule has 1 aromatic rings. The number of aromatic nitrogens is 1. The molecule has 1 aromatic heterocycles. The Hall–Kier alpha value is -2.64. The summed E-state index contributed by atoms with van der Waals surface area (Å²) < 4.78 is 0. The molecule has 0 aliphatic rings. The second-order valence-electron chi connectivity index (χ2n) is 3.95. The summed E-state index contributed by atoms with van der Waals surface area (Å²) in [5.74, 6) is -1.25. The molecule has 8 heteroatoms. The first-order chi connectivity index (χ1) is 9.49. The molecule has 0 spiro atoms. The van der Waals surface area contributed by atoms with Gasteiger partial charge in [-0.3, -0.25) is 4.79 Å². The summed E-state index contributed by atoms with van der Waals surface area (Å²) in [4.78, 5) is 36.3. The average molecular weight is 280 g/mol. The van der Waals surface area contributed by atoms with Gasteiger partial charge in [0.15, 0.2) is 0 Å². The molecule has 4 N–H and O–H groups in total. The van der Waals surface area contributed by atoms with Crippen LogP contribution < -0.4 is 16.0 Å². The number of carboxylic acids is 1. The number of hydrogen-bond donors (Lipinski definition) is 4. The third-order valence-electron chi connectivity index (χ3n) is 2.28. The molecular formula is C12H16N4O4. The predicted octanol–water partition coefficient (Wildman–Crippen LogP) is -0.285. The minimum atomic E-state index is -1.10. The van der Waals surface area contributed by atoms with E-state index in [9.17, 15) is 14.4 Å². The number of carbonyl (C=O) groups excluding carboxylic acids is 2. The van der Waals surface area contributed by atoms with Crippen molar-refractivity contribution in [3.8, 4) is 0 Å². The fourth-order valence-corrected chi connectivity index (χ4v) is 1.31. The Labute approximate surface area is 115 Å². The molecule has 0 saturated heterocycles. The number of pyridine rings is 1. The number of carboxylic acid groups (broad SMARTS) is 1.